The van der Waals surface area contributed by atoms with Gasteiger partial charge in [-0.2, -0.15) is 4.98 Å². The minimum Gasteiger partial charge on any atom is -0.394 e. The largest absolute Gasteiger partial charge is 0.394 e. The lowest BCUT2D eigenvalue weighted by atomic mass is 10.1. The van der Waals surface area contributed by atoms with E-state index in [4.69, 9.17) is 15.3 Å². The quantitative estimate of drug-likeness (QED) is 0.698. The van der Waals surface area contributed by atoms with Gasteiger partial charge in [0.25, 0.3) is 11.8 Å². The number of rotatable bonds is 4. The second-order valence-electron chi connectivity index (χ2n) is 6.18. The number of aromatic nitrogens is 2. The van der Waals surface area contributed by atoms with E-state index in [2.05, 4.69) is 4.98 Å². The topological polar surface area (TPSA) is 137 Å². The summed E-state index contributed by atoms with van der Waals surface area (Å²) in [6, 6.07) is 7.82. The monoisotopic (exact) mass is 372 g/mol. The van der Waals surface area contributed by atoms with Crippen LogP contribution in [0.2, 0.25) is 0 Å². The van der Waals surface area contributed by atoms with E-state index in [-0.39, 0.29) is 23.4 Å². The number of nitrogen functional groups attached to an aromatic ring is 1. The van der Waals surface area contributed by atoms with E-state index < -0.39 is 42.5 Å². The summed E-state index contributed by atoms with van der Waals surface area (Å²) in [4.78, 5) is 46.1. The van der Waals surface area contributed by atoms with E-state index >= 15 is 0 Å². The number of aliphatic hydroxyl groups excluding tert-OH is 1. The first-order chi connectivity index (χ1) is 13.0. The Morgan fingerprint density at radius 1 is 1.19 bits per heavy atom. The minimum absolute atomic E-state index is 0.0757. The fourth-order valence-corrected chi connectivity index (χ4v) is 3.19. The predicted octanol–water partition coefficient (Wildman–Crippen LogP) is -0.298. The number of hydrogen-bond acceptors (Lipinski definition) is 8. The normalized spacial score (nSPS) is 24.5. The van der Waals surface area contributed by atoms with Gasteiger partial charge in [0.1, 0.15) is 24.3 Å². The van der Waals surface area contributed by atoms with E-state index in [1.54, 1.807) is 12.1 Å². The van der Waals surface area contributed by atoms with Crippen LogP contribution in [0, 0.1) is 0 Å². The van der Waals surface area contributed by atoms with Crippen molar-refractivity contribution in [3.8, 4) is 0 Å². The second-order valence-corrected chi connectivity index (χ2v) is 6.18. The number of amides is 2. The zero-order valence-electron chi connectivity index (χ0n) is 14.0. The first-order valence-electron chi connectivity index (χ1n) is 8.25. The summed E-state index contributed by atoms with van der Waals surface area (Å²) in [5.41, 5.74) is 5.36. The van der Waals surface area contributed by atoms with Crippen LogP contribution in [0.3, 0.4) is 0 Å². The zero-order chi connectivity index (χ0) is 19.1. The van der Waals surface area contributed by atoms with Gasteiger partial charge in [-0.25, -0.2) is 4.79 Å². The summed E-state index contributed by atoms with van der Waals surface area (Å²) < 4.78 is 6.86. The Bertz CT molecular complexity index is 939. The highest BCUT2D eigenvalue weighted by molar-refractivity contribution is 6.20. The molecule has 140 valence electrons. The molecule has 0 spiro atoms. The van der Waals surface area contributed by atoms with Gasteiger partial charge in [0.15, 0.2) is 0 Å². The molecule has 0 bridgehead atoms. The third-order valence-corrected chi connectivity index (χ3v) is 4.52. The third kappa shape index (κ3) is 2.89. The van der Waals surface area contributed by atoms with Crippen molar-refractivity contribution in [3.05, 3.63) is 58.1 Å². The Hall–Kier alpha value is -3.08. The van der Waals surface area contributed by atoms with E-state index in [1.807, 2.05) is 0 Å². The number of benzene rings is 1. The lowest BCUT2D eigenvalue weighted by Gasteiger charge is -2.21. The molecule has 2 aliphatic rings. The Balaban J connectivity index is 1.55. The maximum atomic E-state index is 12.4. The fourth-order valence-electron chi connectivity index (χ4n) is 3.19. The molecule has 3 heterocycles. The average molecular weight is 372 g/mol. The Morgan fingerprint density at radius 3 is 2.44 bits per heavy atom. The molecular weight excluding hydrogens is 356 g/mol. The van der Waals surface area contributed by atoms with Crippen molar-refractivity contribution in [2.24, 2.45) is 0 Å². The number of imide groups is 1. The summed E-state index contributed by atoms with van der Waals surface area (Å²) in [7, 11) is 0. The van der Waals surface area contributed by atoms with Gasteiger partial charge in [-0.1, -0.05) is 12.1 Å². The summed E-state index contributed by atoms with van der Waals surface area (Å²) in [6.07, 6.45) is -0.864. The highest BCUT2D eigenvalue weighted by atomic mass is 16.7. The molecule has 3 N–H and O–H groups in total. The maximum Gasteiger partial charge on any atom is 0.351 e. The number of hydroxylamine groups is 2. The molecular formula is C17H16N4O6. The molecule has 27 heavy (non-hydrogen) atoms. The Labute approximate surface area is 152 Å². The Morgan fingerprint density at radius 2 is 1.85 bits per heavy atom. The first-order valence-corrected chi connectivity index (χ1v) is 8.25. The summed E-state index contributed by atoms with van der Waals surface area (Å²) >= 11 is 0. The number of carbonyl (C=O) groups excluding carboxylic acids is 2. The van der Waals surface area contributed by atoms with E-state index in [0.29, 0.717) is 5.06 Å². The fraction of sp³-hybridized carbons (Fsp3) is 0.294. The van der Waals surface area contributed by atoms with Crippen LogP contribution in [-0.2, 0) is 9.57 Å². The van der Waals surface area contributed by atoms with E-state index in [9.17, 15) is 19.5 Å². The molecule has 0 aliphatic carbocycles. The lowest BCUT2D eigenvalue weighted by molar-refractivity contribution is -0.155. The molecule has 3 atom stereocenters. The van der Waals surface area contributed by atoms with E-state index in [0.717, 1.165) is 0 Å². The number of ether oxygens (including phenoxy) is 1. The van der Waals surface area contributed by atoms with Gasteiger partial charge in [-0.05, 0) is 18.2 Å². The van der Waals surface area contributed by atoms with Crippen molar-refractivity contribution in [2.75, 3.05) is 12.3 Å². The van der Waals surface area contributed by atoms with Crippen LogP contribution in [0.15, 0.2) is 41.3 Å². The summed E-state index contributed by atoms with van der Waals surface area (Å²) in [5.74, 6) is -1.09. The third-order valence-electron chi connectivity index (χ3n) is 4.52. The molecule has 10 heteroatoms. The van der Waals surface area contributed by atoms with Crippen molar-refractivity contribution >= 4 is 17.6 Å². The molecule has 2 aromatic rings. The molecule has 4 rings (SSSR count). The van der Waals surface area contributed by atoms with Crippen LogP contribution >= 0.6 is 0 Å². The van der Waals surface area contributed by atoms with Gasteiger partial charge >= 0.3 is 5.69 Å². The van der Waals surface area contributed by atoms with Crippen molar-refractivity contribution in [1.29, 1.82) is 0 Å². The second kappa shape index (κ2) is 6.58. The van der Waals surface area contributed by atoms with Crippen molar-refractivity contribution in [3.63, 3.8) is 0 Å². The van der Waals surface area contributed by atoms with Crippen LogP contribution in [0.5, 0.6) is 0 Å². The maximum absolute atomic E-state index is 12.4. The minimum atomic E-state index is -0.830. The number of nitrogens with zero attached hydrogens (tertiary/aromatic N) is 3. The van der Waals surface area contributed by atoms with Crippen LogP contribution in [0.1, 0.15) is 33.4 Å². The molecule has 2 aliphatic heterocycles. The van der Waals surface area contributed by atoms with Crippen LogP contribution in [0.4, 0.5) is 5.82 Å². The molecule has 2 amide bonds. The Kier molecular flexibility index (Phi) is 4.22. The molecule has 1 aromatic heterocycles. The van der Waals surface area contributed by atoms with E-state index in [1.165, 1.54) is 29.0 Å². The smallest absolute Gasteiger partial charge is 0.351 e. The van der Waals surface area contributed by atoms with Crippen molar-refractivity contribution < 1.29 is 24.3 Å². The zero-order valence-corrected chi connectivity index (χ0v) is 14.0. The number of fused-ring (bicyclic) bond motifs is 1. The number of nitrogens with two attached hydrogens (primary N) is 1. The average Bonchev–Trinajstić information content (AvgIpc) is 3.17. The summed E-state index contributed by atoms with van der Waals surface area (Å²) in [5, 5.41) is 10.3. The van der Waals surface area contributed by atoms with Crippen LogP contribution < -0.4 is 11.4 Å². The van der Waals surface area contributed by atoms with Crippen LogP contribution in [-0.4, -0.2) is 50.3 Å². The summed E-state index contributed by atoms with van der Waals surface area (Å²) in [6.45, 7) is -0.415. The van der Waals surface area contributed by atoms with Gasteiger partial charge in [-0.3, -0.25) is 19.0 Å². The number of carbonyl (C=O) groups is 2. The molecule has 0 saturated carbocycles. The van der Waals surface area contributed by atoms with Gasteiger partial charge in [0, 0.05) is 12.6 Å². The highest BCUT2D eigenvalue weighted by Crippen LogP contribution is 2.32. The molecule has 3 unspecified atom stereocenters. The number of hydrogen-bond donors (Lipinski definition) is 2. The van der Waals surface area contributed by atoms with Crippen molar-refractivity contribution in [1.82, 2.24) is 14.6 Å². The first kappa shape index (κ1) is 17.3. The molecule has 1 aromatic carbocycles. The standard InChI is InChI=1S/C17H16N4O6/c18-13-5-6-20(17(25)19-13)14-7-11(12(8-22)26-14)27-21-15(23)9-3-1-2-4-10(9)16(21)24/h1-6,11-12,14,22H,7-8H2,(H2,18,19,25). The molecule has 1 saturated heterocycles. The highest BCUT2D eigenvalue weighted by Gasteiger charge is 2.44. The SMILES string of the molecule is Nc1ccn(C2CC(ON3C(=O)c4ccccc4C3=O)C(CO)O2)c(=O)n1. The van der Waals surface area contributed by atoms with Crippen molar-refractivity contribution in [2.45, 2.75) is 24.9 Å². The van der Waals surface area contributed by atoms with Gasteiger partial charge in [0.05, 0.1) is 17.7 Å². The van der Waals surface area contributed by atoms with Gasteiger partial charge in [-0.15, -0.1) is 5.06 Å². The molecule has 0 radical (unpaired) electrons. The predicted molar refractivity (Wildman–Crippen MR) is 90.3 cm³/mol. The molecule has 10 nitrogen and oxygen atoms in total. The number of aliphatic hydroxyl groups is 1. The van der Waals surface area contributed by atoms with Crippen LogP contribution in [0.25, 0.3) is 0 Å². The number of anilines is 1. The van der Waals surface area contributed by atoms with Gasteiger partial charge in [0.2, 0.25) is 0 Å². The molecule has 1 fully saturated rings. The lowest BCUT2D eigenvalue weighted by Crippen LogP contribution is -2.39. The van der Waals surface area contributed by atoms with Gasteiger partial charge < -0.3 is 15.6 Å².